The van der Waals surface area contributed by atoms with E-state index >= 15 is 0 Å². The molecule has 1 amide bonds. The number of amides is 1. The smallest absolute Gasteiger partial charge is 0.337 e. The number of aromatic carboxylic acids is 1. The Morgan fingerprint density at radius 1 is 1.35 bits per heavy atom. The van der Waals surface area contributed by atoms with Crippen molar-refractivity contribution in [3.05, 3.63) is 28.8 Å². The first-order valence-electron chi connectivity index (χ1n) is 7.90. The van der Waals surface area contributed by atoms with Gasteiger partial charge in [-0.1, -0.05) is 24.4 Å². The highest BCUT2D eigenvalue weighted by molar-refractivity contribution is 6.33. The summed E-state index contributed by atoms with van der Waals surface area (Å²) in [5.74, 6) is -1.12. The number of nitrogens with one attached hydrogen (secondary N) is 1. The van der Waals surface area contributed by atoms with E-state index in [1.54, 1.807) is 6.07 Å². The van der Waals surface area contributed by atoms with Crippen LogP contribution >= 0.6 is 11.6 Å². The number of ether oxygens (including phenoxy) is 1. The van der Waals surface area contributed by atoms with E-state index in [9.17, 15) is 9.59 Å². The minimum Gasteiger partial charge on any atom is -0.478 e. The lowest BCUT2D eigenvalue weighted by Gasteiger charge is -2.27. The highest BCUT2D eigenvalue weighted by atomic mass is 35.5. The molecule has 1 aliphatic carbocycles. The highest BCUT2D eigenvalue weighted by Crippen LogP contribution is 2.42. The molecule has 0 aliphatic heterocycles. The molecule has 0 saturated heterocycles. The fourth-order valence-corrected chi connectivity index (χ4v) is 3.35. The van der Waals surface area contributed by atoms with E-state index in [1.165, 1.54) is 12.1 Å². The first-order chi connectivity index (χ1) is 11.0. The van der Waals surface area contributed by atoms with Crippen LogP contribution in [0.5, 0.6) is 0 Å². The molecule has 6 heteroatoms. The van der Waals surface area contributed by atoms with Gasteiger partial charge in [0.25, 0.3) is 0 Å². The number of carbonyl (C=O) groups is 2. The van der Waals surface area contributed by atoms with Gasteiger partial charge in [-0.3, -0.25) is 4.79 Å². The van der Waals surface area contributed by atoms with Gasteiger partial charge in [-0.25, -0.2) is 4.79 Å². The predicted molar refractivity (Wildman–Crippen MR) is 89.1 cm³/mol. The van der Waals surface area contributed by atoms with Crippen molar-refractivity contribution in [2.45, 2.75) is 39.0 Å². The number of rotatable bonds is 7. The zero-order chi connectivity index (χ0) is 16.9. The second-order valence-electron chi connectivity index (χ2n) is 5.89. The van der Waals surface area contributed by atoms with Gasteiger partial charge in [0.1, 0.15) is 0 Å². The monoisotopic (exact) mass is 339 g/mol. The van der Waals surface area contributed by atoms with Crippen LogP contribution in [0.3, 0.4) is 0 Å². The van der Waals surface area contributed by atoms with E-state index in [1.807, 2.05) is 6.92 Å². The van der Waals surface area contributed by atoms with Gasteiger partial charge in [0, 0.05) is 18.9 Å². The van der Waals surface area contributed by atoms with Crippen molar-refractivity contribution >= 4 is 29.2 Å². The third-order valence-electron chi connectivity index (χ3n) is 4.43. The van der Waals surface area contributed by atoms with Crippen molar-refractivity contribution in [3.63, 3.8) is 0 Å². The summed E-state index contributed by atoms with van der Waals surface area (Å²) in [6.45, 7) is 3.15. The van der Waals surface area contributed by atoms with E-state index in [0.29, 0.717) is 25.3 Å². The Labute approximate surface area is 141 Å². The van der Waals surface area contributed by atoms with E-state index in [4.69, 9.17) is 21.4 Å². The maximum Gasteiger partial charge on any atom is 0.337 e. The molecule has 0 atom stereocenters. The molecular formula is C17H22ClNO4. The number of carboxylic acid groups (broad SMARTS) is 1. The summed E-state index contributed by atoms with van der Waals surface area (Å²) in [4.78, 5) is 23.7. The fourth-order valence-electron chi connectivity index (χ4n) is 3.08. The van der Waals surface area contributed by atoms with Crippen LogP contribution in [-0.2, 0) is 9.53 Å². The molecule has 0 spiro atoms. The number of carbonyl (C=O) groups excluding carboxylic acids is 1. The van der Waals surface area contributed by atoms with E-state index < -0.39 is 11.4 Å². The molecular weight excluding hydrogens is 318 g/mol. The minimum absolute atomic E-state index is 0.0246. The maximum atomic E-state index is 12.7. The number of hydrogen-bond acceptors (Lipinski definition) is 3. The largest absolute Gasteiger partial charge is 0.478 e. The first-order valence-corrected chi connectivity index (χ1v) is 8.28. The van der Waals surface area contributed by atoms with Gasteiger partial charge in [0.15, 0.2) is 0 Å². The topological polar surface area (TPSA) is 75.6 Å². The second-order valence-corrected chi connectivity index (χ2v) is 6.30. The van der Waals surface area contributed by atoms with Crippen LogP contribution in [0.1, 0.15) is 49.4 Å². The van der Waals surface area contributed by atoms with Gasteiger partial charge in [-0.05, 0) is 44.4 Å². The molecule has 0 heterocycles. The lowest BCUT2D eigenvalue weighted by atomic mass is 9.82. The maximum absolute atomic E-state index is 12.7. The molecule has 0 aromatic heterocycles. The molecule has 1 fully saturated rings. The van der Waals surface area contributed by atoms with Crippen molar-refractivity contribution in [3.8, 4) is 0 Å². The Morgan fingerprint density at radius 2 is 2.04 bits per heavy atom. The minimum atomic E-state index is -1.09. The number of hydrogen-bond donors (Lipinski definition) is 2. The fraction of sp³-hybridized carbons (Fsp3) is 0.529. The zero-order valence-corrected chi connectivity index (χ0v) is 14.0. The van der Waals surface area contributed by atoms with Gasteiger partial charge >= 0.3 is 5.97 Å². The Hall–Kier alpha value is -1.59. The number of carboxylic acids is 1. The molecule has 1 aromatic rings. The van der Waals surface area contributed by atoms with Gasteiger partial charge in [-0.15, -0.1) is 0 Å². The summed E-state index contributed by atoms with van der Waals surface area (Å²) in [6.07, 6.45) is 4.49. The molecule has 1 aliphatic rings. The Balaban J connectivity index is 2.09. The lowest BCUT2D eigenvalue weighted by Crippen LogP contribution is -2.35. The summed E-state index contributed by atoms with van der Waals surface area (Å²) in [5.41, 5.74) is 0.150. The predicted octanol–water partition coefficient (Wildman–Crippen LogP) is 3.96. The summed E-state index contributed by atoms with van der Waals surface area (Å²) in [7, 11) is 0. The van der Waals surface area contributed by atoms with Crippen molar-refractivity contribution in [2.75, 3.05) is 18.5 Å². The van der Waals surface area contributed by atoms with E-state index in [0.717, 1.165) is 25.7 Å². The molecule has 5 nitrogen and oxygen atoms in total. The first kappa shape index (κ1) is 17.8. The summed E-state index contributed by atoms with van der Waals surface area (Å²) in [5, 5.41) is 12.0. The number of anilines is 1. The van der Waals surface area contributed by atoms with Gasteiger partial charge in [-0.2, -0.15) is 0 Å². The molecule has 0 bridgehead atoms. The zero-order valence-electron chi connectivity index (χ0n) is 13.2. The summed E-state index contributed by atoms with van der Waals surface area (Å²) >= 11 is 5.95. The molecule has 2 rings (SSSR count). The van der Waals surface area contributed by atoms with Gasteiger partial charge in [0.05, 0.1) is 16.0 Å². The van der Waals surface area contributed by atoms with E-state index in [2.05, 4.69) is 5.32 Å². The molecule has 126 valence electrons. The highest BCUT2D eigenvalue weighted by Gasteiger charge is 2.40. The third kappa shape index (κ3) is 4.24. The van der Waals surface area contributed by atoms with Crippen molar-refractivity contribution < 1.29 is 19.4 Å². The third-order valence-corrected chi connectivity index (χ3v) is 4.74. The van der Waals surface area contributed by atoms with Gasteiger partial charge < -0.3 is 15.2 Å². The van der Waals surface area contributed by atoms with E-state index in [-0.39, 0.29) is 16.5 Å². The van der Waals surface area contributed by atoms with Crippen molar-refractivity contribution in [1.82, 2.24) is 0 Å². The quantitative estimate of drug-likeness (QED) is 0.737. The molecule has 1 aromatic carbocycles. The normalized spacial score (nSPS) is 16.3. The summed E-state index contributed by atoms with van der Waals surface area (Å²) < 4.78 is 5.42. The van der Waals surface area contributed by atoms with Crippen LogP contribution in [0, 0.1) is 5.41 Å². The molecule has 23 heavy (non-hydrogen) atoms. The Morgan fingerprint density at radius 3 is 2.61 bits per heavy atom. The van der Waals surface area contributed by atoms with Gasteiger partial charge in [0.2, 0.25) is 5.91 Å². The number of benzene rings is 1. The van der Waals surface area contributed by atoms with Crippen LogP contribution < -0.4 is 5.32 Å². The SMILES string of the molecule is CCOCCC1(C(=O)Nc2ccc(C(=O)O)c(Cl)c2)CCCC1. The lowest BCUT2D eigenvalue weighted by molar-refractivity contribution is -0.126. The van der Waals surface area contributed by atoms with Crippen molar-refractivity contribution in [2.24, 2.45) is 5.41 Å². The van der Waals surface area contributed by atoms with Crippen LogP contribution in [0.25, 0.3) is 0 Å². The Kier molecular flexibility index (Phi) is 6.02. The van der Waals surface area contributed by atoms with Crippen LogP contribution in [0.4, 0.5) is 5.69 Å². The number of halogens is 1. The molecule has 2 N–H and O–H groups in total. The van der Waals surface area contributed by atoms with Crippen LogP contribution in [0.15, 0.2) is 18.2 Å². The van der Waals surface area contributed by atoms with Crippen LogP contribution in [0.2, 0.25) is 5.02 Å². The molecule has 1 saturated carbocycles. The van der Waals surface area contributed by atoms with Crippen LogP contribution in [-0.4, -0.2) is 30.2 Å². The molecule has 0 radical (unpaired) electrons. The summed E-state index contributed by atoms with van der Waals surface area (Å²) in [6, 6.07) is 4.45. The standard InChI is InChI=1S/C17H22ClNO4/c1-2-23-10-9-17(7-3-4-8-17)16(22)19-12-5-6-13(15(20)21)14(18)11-12/h5-6,11H,2-4,7-10H2,1H3,(H,19,22)(H,20,21). The Bertz CT molecular complexity index is 582. The van der Waals surface area contributed by atoms with Crippen molar-refractivity contribution in [1.29, 1.82) is 0 Å². The second kappa shape index (κ2) is 7.79. The average molecular weight is 340 g/mol. The molecule has 0 unspecified atom stereocenters. The average Bonchev–Trinajstić information content (AvgIpc) is 2.97.